The smallest absolute Gasteiger partial charge is 0.0468 e. The molecule has 0 bridgehead atoms. The standard InChI is InChI=1S/C12H23NO/c1-11(2)4-8-13-10-12(5-6-12)7-9-14-3/h13H,1,4-10H2,2-3H3. The van der Waals surface area contributed by atoms with E-state index in [2.05, 4.69) is 18.8 Å². The van der Waals surface area contributed by atoms with E-state index < -0.39 is 0 Å². The van der Waals surface area contributed by atoms with Gasteiger partial charge in [-0.25, -0.2) is 0 Å². The monoisotopic (exact) mass is 197 g/mol. The molecule has 0 unspecified atom stereocenters. The van der Waals surface area contributed by atoms with E-state index in [9.17, 15) is 0 Å². The third kappa shape index (κ3) is 4.25. The maximum Gasteiger partial charge on any atom is 0.0468 e. The maximum atomic E-state index is 5.12. The maximum absolute atomic E-state index is 5.12. The van der Waals surface area contributed by atoms with Crippen molar-refractivity contribution < 1.29 is 4.74 Å². The molecule has 0 saturated heterocycles. The highest BCUT2D eigenvalue weighted by Crippen LogP contribution is 2.48. The molecule has 0 spiro atoms. The highest BCUT2D eigenvalue weighted by Gasteiger charge is 2.41. The molecular formula is C12H23NO. The summed E-state index contributed by atoms with van der Waals surface area (Å²) in [5, 5.41) is 3.51. The van der Waals surface area contributed by atoms with Crippen molar-refractivity contribution in [3.63, 3.8) is 0 Å². The molecule has 1 N–H and O–H groups in total. The van der Waals surface area contributed by atoms with Crippen molar-refractivity contribution in [2.75, 3.05) is 26.8 Å². The molecule has 14 heavy (non-hydrogen) atoms. The van der Waals surface area contributed by atoms with E-state index in [1.165, 1.54) is 24.8 Å². The second kappa shape index (κ2) is 5.52. The minimum atomic E-state index is 0.574. The second-order valence-electron chi connectivity index (χ2n) is 4.63. The van der Waals surface area contributed by atoms with Gasteiger partial charge in [-0.2, -0.15) is 0 Å². The molecular weight excluding hydrogens is 174 g/mol. The summed E-state index contributed by atoms with van der Waals surface area (Å²) in [7, 11) is 1.78. The molecule has 0 aromatic carbocycles. The van der Waals surface area contributed by atoms with Crippen LogP contribution in [0.15, 0.2) is 12.2 Å². The third-order valence-corrected chi connectivity index (χ3v) is 3.02. The summed E-state index contributed by atoms with van der Waals surface area (Å²) in [6.45, 7) is 9.11. The average Bonchev–Trinajstić information content (AvgIpc) is 2.90. The van der Waals surface area contributed by atoms with Crippen LogP contribution in [0.3, 0.4) is 0 Å². The van der Waals surface area contributed by atoms with Gasteiger partial charge >= 0.3 is 0 Å². The van der Waals surface area contributed by atoms with Crippen molar-refractivity contribution in [3.8, 4) is 0 Å². The van der Waals surface area contributed by atoms with Gasteiger partial charge in [-0.1, -0.05) is 5.57 Å². The SMILES string of the molecule is C=C(C)CCNCC1(CCOC)CC1. The molecule has 0 amide bonds. The van der Waals surface area contributed by atoms with Gasteiger partial charge in [-0.15, -0.1) is 6.58 Å². The van der Waals surface area contributed by atoms with Gasteiger partial charge in [-0.3, -0.25) is 0 Å². The summed E-state index contributed by atoms with van der Waals surface area (Å²) < 4.78 is 5.12. The molecule has 1 saturated carbocycles. The van der Waals surface area contributed by atoms with Crippen LogP contribution in [0.5, 0.6) is 0 Å². The molecule has 0 heterocycles. The first kappa shape index (κ1) is 11.7. The predicted molar refractivity (Wildman–Crippen MR) is 60.5 cm³/mol. The van der Waals surface area contributed by atoms with Gasteiger partial charge in [0.05, 0.1) is 0 Å². The number of hydrogen-bond donors (Lipinski definition) is 1. The van der Waals surface area contributed by atoms with E-state index in [4.69, 9.17) is 4.74 Å². The van der Waals surface area contributed by atoms with Crippen LogP contribution < -0.4 is 5.32 Å². The lowest BCUT2D eigenvalue weighted by molar-refractivity contribution is 0.171. The minimum Gasteiger partial charge on any atom is -0.385 e. The Morgan fingerprint density at radius 1 is 1.50 bits per heavy atom. The fourth-order valence-electron chi connectivity index (χ4n) is 1.67. The Morgan fingerprint density at radius 3 is 2.71 bits per heavy atom. The van der Waals surface area contributed by atoms with Crippen molar-refractivity contribution in [3.05, 3.63) is 12.2 Å². The van der Waals surface area contributed by atoms with E-state index in [1.807, 2.05) is 0 Å². The fourth-order valence-corrected chi connectivity index (χ4v) is 1.67. The van der Waals surface area contributed by atoms with Crippen molar-refractivity contribution in [2.24, 2.45) is 5.41 Å². The normalized spacial score (nSPS) is 18.1. The Balaban J connectivity index is 2.02. The molecule has 1 aliphatic carbocycles. The van der Waals surface area contributed by atoms with Crippen molar-refractivity contribution in [1.29, 1.82) is 0 Å². The molecule has 1 aliphatic rings. The first-order valence-corrected chi connectivity index (χ1v) is 5.53. The lowest BCUT2D eigenvalue weighted by Crippen LogP contribution is -2.26. The molecule has 0 atom stereocenters. The van der Waals surface area contributed by atoms with E-state index >= 15 is 0 Å². The second-order valence-corrected chi connectivity index (χ2v) is 4.63. The average molecular weight is 197 g/mol. The van der Waals surface area contributed by atoms with Crippen LogP contribution in [0.1, 0.15) is 32.6 Å². The lowest BCUT2D eigenvalue weighted by atomic mass is 10.0. The van der Waals surface area contributed by atoms with Crippen LogP contribution in [0.25, 0.3) is 0 Å². The highest BCUT2D eigenvalue weighted by molar-refractivity contribution is 4.95. The Kier molecular flexibility index (Phi) is 4.63. The summed E-state index contributed by atoms with van der Waals surface area (Å²) in [6.07, 6.45) is 5.05. The summed E-state index contributed by atoms with van der Waals surface area (Å²) in [6, 6.07) is 0. The first-order valence-electron chi connectivity index (χ1n) is 5.53. The molecule has 0 aliphatic heterocycles. The van der Waals surface area contributed by atoms with Crippen LogP contribution in [0.4, 0.5) is 0 Å². The molecule has 0 aromatic rings. The Bertz CT molecular complexity index is 185. The fraction of sp³-hybridized carbons (Fsp3) is 0.833. The quantitative estimate of drug-likeness (QED) is 0.476. The Morgan fingerprint density at radius 2 is 2.21 bits per heavy atom. The molecule has 0 aromatic heterocycles. The van der Waals surface area contributed by atoms with E-state index in [0.717, 1.165) is 26.1 Å². The van der Waals surface area contributed by atoms with Crippen molar-refractivity contribution in [2.45, 2.75) is 32.6 Å². The molecule has 2 nitrogen and oxygen atoms in total. The van der Waals surface area contributed by atoms with Crippen LogP contribution in [0, 0.1) is 5.41 Å². The molecule has 82 valence electrons. The van der Waals surface area contributed by atoms with Gasteiger partial charge in [0.1, 0.15) is 0 Å². The van der Waals surface area contributed by atoms with Crippen molar-refractivity contribution in [1.82, 2.24) is 5.32 Å². The highest BCUT2D eigenvalue weighted by atomic mass is 16.5. The lowest BCUT2D eigenvalue weighted by Gasteiger charge is -2.15. The van der Waals surface area contributed by atoms with Gasteiger partial charge in [0.25, 0.3) is 0 Å². The summed E-state index contributed by atoms with van der Waals surface area (Å²) in [4.78, 5) is 0. The summed E-state index contributed by atoms with van der Waals surface area (Å²) in [5.74, 6) is 0. The van der Waals surface area contributed by atoms with Crippen LogP contribution in [0.2, 0.25) is 0 Å². The number of rotatable bonds is 8. The molecule has 1 fully saturated rings. The Hall–Kier alpha value is -0.340. The van der Waals surface area contributed by atoms with Gasteiger partial charge in [0, 0.05) is 20.3 Å². The third-order valence-electron chi connectivity index (χ3n) is 3.02. The number of methoxy groups -OCH3 is 1. The van der Waals surface area contributed by atoms with Gasteiger partial charge < -0.3 is 10.1 Å². The minimum absolute atomic E-state index is 0.574. The van der Waals surface area contributed by atoms with E-state index in [1.54, 1.807) is 7.11 Å². The van der Waals surface area contributed by atoms with Crippen LogP contribution in [-0.4, -0.2) is 26.8 Å². The number of ether oxygens (including phenoxy) is 1. The zero-order valence-corrected chi connectivity index (χ0v) is 9.57. The van der Waals surface area contributed by atoms with Gasteiger partial charge in [-0.05, 0) is 44.6 Å². The summed E-state index contributed by atoms with van der Waals surface area (Å²) >= 11 is 0. The summed E-state index contributed by atoms with van der Waals surface area (Å²) in [5.41, 5.74) is 1.84. The van der Waals surface area contributed by atoms with Crippen LogP contribution >= 0.6 is 0 Å². The Labute approximate surface area is 87.7 Å². The molecule has 0 radical (unpaired) electrons. The topological polar surface area (TPSA) is 21.3 Å². The van der Waals surface area contributed by atoms with Gasteiger partial charge in [0.2, 0.25) is 0 Å². The zero-order chi connectivity index (χ0) is 10.4. The molecule has 2 heteroatoms. The first-order chi connectivity index (χ1) is 6.68. The van der Waals surface area contributed by atoms with Gasteiger partial charge in [0.15, 0.2) is 0 Å². The zero-order valence-electron chi connectivity index (χ0n) is 9.57. The van der Waals surface area contributed by atoms with E-state index in [-0.39, 0.29) is 0 Å². The van der Waals surface area contributed by atoms with E-state index in [0.29, 0.717) is 5.41 Å². The number of nitrogens with one attached hydrogen (secondary N) is 1. The van der Waals surface area contributed by atoms with Crippen LogP contribution in [-0.2, 0) is 4.74 Å². The molecule has 1 rings (SSSR count). The van der Waals surface area contributed by atoms with Crippen molar-refractivity contribution >= 4 is 0 Å². The predicted octanol–water partition coefficient (Wildman–Crippen LogP) is 2.36. The number of hydrogen-bond acceptors (Lipinski definition) is 2. The largest absolute Gasteiger partial charge is 0.385 e.